The van der Waals surface area contributed by atoms with Crippen LogP contribution in [0.5, 0.6) is 0 Å². The third-order valence-electron chi connectivity index (χ3n) is 25.5. The molecule has 0 aliphatic heterocycles. The fraction of sp³-hybridized carbons (Fsp3) is 0.585. The second-order valence-corrected chi connectivity index (χ2v) is 38.4. The van der Waals surface area contributed by atoms with Gasteiger partial charge >= 0.3 is 0 Å². The van der Waals surface area contributed by atoms with E-state index in [1.54, 1.807) is 114 Å². The van der Waals surface area contributed by atoms with Crippen LogP contribution in [0.25, 0.3) is 0 Å². The number of aromatic nitrogens is 4. The van der Waals surface area contributed by atoms with E-state index in [0.717, 1.165) is 116 Å². The molecule has 12 fully saturated rings. The summed E-state index contributed by atoms with van der Waals surface area (Å²) in [6.07, 6.45) is 56.4. The van der Waals surface area contributed by atoms with E-state index in [0.29, 0.717) is 10.0 Å². The highest BCUT2D eigenvalue weighted by Crippen LogP contribution is 2.60. The number of rotatable bonds is 0. The summed E-state index contributed by atoms with van der Waals surface area (Å²) in [5.74, 6) is 15.1. The molecule has 2 atom stereocenters. The molecule has 628 valence electrons. The van der Waals surface area contributed by atoms with Gasteiger partial charge in [0.1, 0.15) is 5.82 Å². The minimum atomic E-state index is -0.171. The Balaban J connectivity index is 0.000000220. The Morgan fingerprint density at radius 1 is 0.316 bits per heavy atom. The molecule has 8 aromatic rings. The van der Waals surface area contributed by atoms with Gasteiger partial charge in [0.25, 0.3) is 0 Å². The topological polar surface area (TPSA) is 51.6 Å². The van der Waals surface area contributed by atoms with E-state index in [2.05, 4.69) is 100 Å². The molecule has 4 aromatic carbocycles. The number of benzene rings is 4. The van der Waals surface area contributed by atoms with Gasteiger partial charge in [-0.2, -0.15) is 0 Å². The molecule has 12 aliphatic carbocycles. The summed E-state index contributed by atoms with van der Waals surface area (Å²) < 4.78 is 12.1. The third kappa shape index (κ3) is 44.7. The number of pyridine rings is 4. The second-order valence-electron chi connectivity index (χ2n) is 37.1. The smallest absolute Gasteiger partial charge is 0.123 e. The molecule has 0 amide bonds. The summed E-state index contributed by atoms with van der Waals surface area (Å²) in [4.78, 5) is 15.8. The molecule has 8 heteroatoms. The minimum Gasteiger partial charge on any atom is -0.265 e. The van der Waals surface area contributed by atoms with Crippen molar-refractivity contribution >= 4 is 34.8 Å². The van der Waals surface area contributed by atoms with E-state index in [-0.39, 0.29) is 5.82 Å². The maximum Gasteiger partial charge on any atom is 0.123 e. The fourth-order valence-corrected chi connectivity index (χ4v) is 19.0. The Kier molecular flexibility index (Phi) is 49.1. The maximum absolute atomic E-state index is 12.1. The van der Waals surface area contributed by atoms with Crippen LogP contribution in [0.3, 0.4) is 0 Å². The van der Waals surface area contributed by atoms with Crippen LogP contribution in [0, 0.1) is 156 Å². The molecule has 2 unspecified atom stereocenters. The predicted molar refractivity (Wildman–Crippen MR) is 496 cm³/mol. The third-order valence-corrected chi connectivity index (χ3v) is 26.5. The molecule has 12 aliphatic rings. The molecule has 4 aromatic heterocycles. The summed E-state index contributed by atoms with van der Waals surface area (Å²) in [6.45, 7) is 37.4. The fourth-order valence-electron chi connectivity index (χ4n) is 18.5. The van der Waals surface area contributed by atoms with Crippen molar-refractivity contribution in [3.05, 3.63) is 260 Å². The zero-order valence-electron chi connectivity index (χ0n) is 74.5. The first-order valence-corrected chi connectivity index (χ1v) is 46.1. The zero-order chi connectivity index (χ0) is 83.1. The number of hydrogen-bond acceptors (Lipinski definition) is 4. The van der Waals surface area contributed by atoms with Gasteiger partial charge in [0.2, 0.25) is 0 Å². The summed E-state index contributed by atoms with van der Waals surface area (Å²) >= 11 is 16.9. The molecule has 4 heterocycles. The lowest BCUT2D eigenvalue weighted by Crippen LogP contribution is -2.44. The summed E-state index contributed by atoms with van der Waals surface area (Å²) in [5.41, 5.74) is 11.4. The highest BCUT2D eigenvalue weighted by molar-refractivity contribution is 6.42. The first-order chi connectivity index (χ1) is 54.6. The van der Waals surface area contributed by atoms with Crippen LogP contribution in [0.15, 0.2) is 189 Å². The van der Waals surface area contributed by atoms with Crippen LogP contribution in [0.2, 0.25) is 15.1 Å². The van der Waals surface area contributed by atoms with E-state index in [1.165, 1.54) is 162 Å². The van der Waals surface area contributed by atoms with Gasteiger partial charge in [-0.15, -0.1) is 0 Å². The average Bonchev–Trinajstić information content (AvgIpc) is 0.823. The molecular weight excluding hydrogens is 1450 g/mol. The normalized spacial score (nSPS) is 25.4. The van der Waals surface area contributed by atoms with Crippen molar-refractivity contribution in [1.82, 2.24) is 19.9 Å². The van der Waals surface area contributed by atoms with E-state index in [1.807, 2.05) is 171 Å². The molecule has 0 spiro atoms. The lowest BCUT2D eigenvalue weighted by molar-refractivity contribution is -0.0411. The van der Waals surface area contributed by atoms with Gasteiger partial charge in [-0.05, 0) is 316 Å². The molecule has 8 bridgehead atoms. The van der Waals surface area contributed by atoms with Gasteiger partial charge in [0, 0.05) is 53.6 Å². The largest absolute Gasteiger partial charge is 0.265 e. The number of halogens is 4. The Bertz CT molecular complexity index is 3240. The van der Waals surface area contributed by atoms with Crippen molar-refractivity contribution in [2.24, 2.45) is 88.3 Å². The van der Waals surface area contributed by atoms with Gasteiger partial charge in [-0.25, -0.2) is 4.39 Å². The quantitative estimate of drug-likeness (QED) is 0.142. The Morgan fingerprint density at radius 3 is 1.04 bits per heavy atom. The van der Waals surface area contributed by atoms with Crippen molar-refractivity contribution < 1.29 is 4.39 Å². The number of hydrogen-bond donors (Lipinski definition) is 0. The van der Waals surface area contributed by atoms with Crippen LogP contribution in [-0.4, -0.2) is 19.9 Å². The average molecular weight is 1610 g/mol. The van der Waals surface area contributed by atoms with E-state index in [4.69, 9.17) is 34.8 Å². The lowest BCUT2D eigenvalue weighted by Gasteiger charge is -2.55. The first-order valence-electron chi connectivity index (χ1n) is 45.0. The van der Waals surface area contributed by atoms with Gasteiger partial charge in [0.15, 0.2) is 0 Å². The van der Waals surface area contributed by atoms with E-state index < -0.39 is 0 Å². The zero-order valence-corrected chi connectivity index (χ0v) is 76.8. The van der Waals surface area contributed by atoms with Crippen LogP contribution < -0.4 is 0 Å². The van der Waals surface area contributed by atoms with Gasteiger partial charge in [0.05, 0.1) is 10.0 Å². The van der Waals surface area contributed by atoms with Gasteiger partial charge in [-0.3, -0.25) is 19.9 Å². The summed E-state index contributed by atoms with van der Waals surface area (Å²) in [6, 6.07) is 47.8. The molecule has 0 radical (unpaired) electrons. The number of nitrogens with zero attached hydrogens (tertiary/aromatic N) is 4. The van der Waals surface area contributed by atoms with E-state index >= 15 is 0 Å². The van der Waals surface area contributed by atoms with Crippen LogP contribution in [0.1, 0.15) is 298 Å². The molecular formula is C106H156Cl3FN4. The molecule has 12 saturated carbocycles. The van der Waals surface area contributed by atoms with Crippen LogP contribution >= 0.6 is 34.8 Å². The molecule has 0 saturated heterocycles. The van der Waals surface area contributed by atoms with Crippen LogP contribution in [-0.2, 0) is 0 Å². The molecule has 4 nitrogen and oxygen atoms in total. The number of aryl methyl sites for hydroxylation is 9. The van der Waals surface area contributed by atoms with Gasteiger partial charge in [-0.1, -0.05) is 308 Å². The van der Waals surface area contributed by atoms with Crippen LogP contribution in [0.4, 0.5) is 4.39 Å². The van der Waals surface area contributed by atoms with Crippen molar-refractivity contribution in [2.45, 2.75) is 310 Å². The van der Waals surface area contributed by atoms with Gasteiger partial charge < -0.3 is 0 Å². The lowest BCUT2D eigenvalue weighted by atomic mass is 9.50. The van der Waals surface area contributed by atoms with Crippen molar-refractivity contribution in [3.63, 3.8) is 0 Å². The summed E-state index contributed by atoms with van der Waals surface area (Å²) in [7, 11) is 0. The summed E-state index contributed by atoms with van der Waals surface area (Å²) in [5, 5.41) is 2.04. The second kappa shape index (κ2) is 56.6. The highest BCUT2D eigenvalue weighted by atomic mass is 35.5. The monoisotopic (exact) mass is 1610 g/mol. The molecule has 0 N–H and O–H groups in total. The van der Waals surface area contributed by atoms with E-state index in [9.17, 15) is 4.39 Å². The molecule has 114 heavy (non-hydrogen) atoms. The Hall–Kier alpha value is -5.72. The SMILES string of the molecule is CC12CC3CC(CC(C3)C1)C2.CC1C2CC3CC(C2)CC1C3.CC1CCC(C)CC1.CC1CCCCC1.CC1CCCCC1C.CC1CCCCCC1.Cc1ccc(C)nc1.Cc1ccc(Cl)c(Cl)c1.Cc1ccc(Cl)cc1.Cc1ccc(F)cc1.Cc1ccccc1.Cc1ccccn1.Cc1cccnc1.Cc1ccncc1. The Labute approximate surface area is 712 Å². The standard InChI is InChI=1S/2C11H18.3C8H16.C7H6Cl2.C7H7Cl.C7H7F.C7H9N.C7H14.C7H8.3C6H7N/c1-11-5-8-2-9(6-11)4-10(3-8)7-11;1-7-10-3-8-2-9(5-10)6-11(7)4-8;1-7-3-5-8(2)6-4-7;1-7-5-3-4-6-8(7)2;1-8-6-4-2-3-5-7-8;1-5-2-3-6(8)7(9)4-5;2*1-6-2-4-7(8)5-3-6;1-6-3-4-7(2)8-5-6;2*1-7-5-3-2-4-6-7;1-6-2-4-7-5-3-6;1-6-3-2-4-7-5-6;1-6-4-2-3-5-7-6/h8-10H,2-7H2,1H3;7-11H,2-6H2,1H3;2*7-8H,3-6H2,1-2H3;8H,2-7H2,1H3;2-4H,1H3;2*2-5H,1H3;3-5H,1-2H3;7H,2-6H2,1H3;2-6H,1H3;3*2-5H,1H3. The van der Waals surface area contributed by atoms with Crippen molar-refractivity contribution in [3.8, 4) is 0 Å². The maximum atomic E-state index is 12.1. The van der Waals surface area contributed by atoms with Crippen molar-refractivity contribution in [1.29, 1.82) is 0 Å². The highest BCUT2D eigenvalue weighted by Gasteiger charge is 2.48. The minimum absolute atomic E-state index is 0.171. The first kappa shape index (κ1) is 98.9. The van der Waals surface area contributed by atoms with Crippen molar-refractivity contribution in [2.75, 3.05) is 0 Å². The predicted octanol–water partition coefficient (Wildman–Crippen LogP) is 33.5. The Morgan fingerprint density at radius 2 is 0.711 bits per heavy atom. The molecule has 20 rings (SSSR count).